The van der Waals surface area contributed by atoms with Crippen molar-refractivity contribution >= 4 is 6.03 Å². The van der Waals surface area contributed by atoms with Crippen LogP contribution in [0.15, 0.2) is 0 Å². The molecule has 0 spiro atoms. The third-order valence-corrected chi connectivity index (χ3v) is 1.54. The van der Waals surface area contributed by atoms with Gasteiger partial charge in [0.1, 0.15) is 0 Å². The number of nitrogens with two attached hydrogens (primary N) is 1. The molecule has 3 N–H and O–H groups in total. The standard InChI is InChI=1S/C5H7F3N2O/c6-5(7,8)2-1-3(2)10-4(9)11/h2-3H,1H2,(H3,9,10,11)/t2-,3-/m1/s1. The summed E-state index contributed by atoms with van der Waals surface area (Å²) < 4.78 is 35.2. The first-order valence-corrected chi connectivity index (χ1v) is 3.04. The Kier molecular flexibility index (Phi) is 1.69. The van der Waals surface area contributed by atoms with Crippen LogP contribution >= 0.6 is 0 Å². The minimum Gasteiger partial charge on any atom is -0.352 e. The number of amides is 2. The summed E-state index contributed by atoms with van der Waals surface area (Å²) in [6.45, 7) is 0. The first-order chi connectivity index (χ1) is 4.91. The highest BCUT2D eigenvalue weighted by Gasteiger charge is 2.56. The van der Waals surface area contributed by atoms with E-state index in [1.54, 1.807) is 0 Å². The molecule has 0 heterocycles. The van der Waals surface area contributed by atoms with Crippen LogP contribution in [0, 0.1) is 5.92 Å². The van der Waals surface area contributed by atoms with E-state index < -0.39 is 24.2 Å². The van der Waals surface area contributed by atoms with Gasteiger partial charge in [0.05, 0.1) is 5.92 Å². The van der Waals surface area contributed by atoms with Crippen molar-refractivity contribution in [1.29, 1.82) is 0 Å². The third kappa shape index (κ3) is 1.99. The number of halogens is 3. The van der Waals surface area contributed by atoms with Gasteiger partial charge >= 0.3 is 12.2 Å². The number of primary amides is 1. The molecule has 2 atom stereocenters. The van der Waals surface area contributed by atoms with E-state index in [-0.39, 0.29) is 6.42 Å². The third-order valence-electron chi connectivity index (χ3n) is 1.54. The number of alkyl halides is 3. The van der Waals surface area contributed by atoms with Crippen LogP contribution in [0.3, 0.4) is 0 Å². The van der Waals surface area contributed by atoms with Crippen molar-refractivity contribution in [3.63, 3.8) is 0 Å². The Bertz CT molecular complexity index is 179. The van der Waals surface area contributed by atoms with Crippen molar-refractivity contribution in [1.82, 2.24) is 5.32 Å². The molecule has 0 aromatic carbocycles. The van der Waals surface area contributed by atoms with Crippen LogP contribution in [0.4, 0.5) is 18.0 Å². The van der Waals surface area contributed by atoms with Crippen LogP contribution in [0.25, 0.3) is 0 Å². The molecule has 1 aliphatic rings. The van der Waals surface area contributed by atoms with Gasteiger partial charge in [0.2, 0.25) is 0 Å². The zero-order valence-corrected chi connectivity index (χ0v) is 5.48. The molecule has 0 radical (unpaired) electrons. The summed E-state index contributed by atoms with van der Waals surface area (Å²) in [5.41, 5.74) is 4.62. The predicted octanol–water partition coefficient (Wildman–Crippen LogP) is 0.606. The summed E-state index contributed by atoms with van der Waals surface area (Å²) in [6, 6.07) is -1.70. The number of nitrogens with one attached hydrogen (secondary N) is 1. The molecular formula is C5H7F3N2O. The maximum Gasteiger partial charge on any atom is 0.393 e. The largest absolute Gasteiger partial charge is 0.393 e. The molecule has 1 fully saturated rings. The molecule has 0 unspecified atom stereocenters. The number of rotatable bonds is 1. The van der Waals surface area contributed by atoms with Crippen LogP contribution in [-0.4, -0.2) is 18.2 Å². The summed E-state index contributed by atoms with van der Waals surface area (Å²) in [7, 11) is 0. The van der Waals surface area contributed by atoms with Gasteiger partial charge in [-0.1, -0.05) is 0 Å². The lowest BCUT2D eigenvalue weighted by atomic mass is 10.4. The Labute approximate surface area is 60.7 Å². The topological polar surface area (TPSA) is 55.1 Å². The molecule has 2 amide bonds. The van der Waals surface area contributed by atoms with E-state index in [9.17, 15) is 18.0 Å². The van der Waals surface area contributed by atoms with Crippen molar-refractivity contribution in [2.75, 3.05) is 0 Å². The van der Waals surface area contributed by atoms with Gasteiger partial charge < -0.3 is 11.1 Å². The van der Waals surface area contributed by atoms with Crippen LogP contribution in [0.5, 0.6) is 0 Å². The van der Waals surface area contributed by atoms with Gasteiger partial charge in [-0.05, 0) is 6.42 Å². The fourth-order valence-electron chi connectivity index (χ4n) is 0.899. The molecule has 0 aromatic heterocycles. The van der Waals surface area contributed by atoms with Crippen molar-refractivity contribution in [2.24, 2.45) is 11.7 Å². The highest BCUT2D eigenvalue weighted by atomic mass is 19.4. The van der Waals surface area contributed by atoms with E-state index in [2.05, 4.69) is 5.73 Å². The van der Waals surface area contributed by atoms with Crippen LogP contribution in [0.1, 0.15) is 6.42 Å². The van der Waals surface area contributed by atoms with Gasteiger partial charge in [0, 0.05) is 6.04 Å². The number of carbonyl (C=O) groups is 1. The lowest BCUT2D eigenvalue weighted by Crippen LogP contribution is -2.33. The van der Waals surface area contributed by atoms with E-state index in [0.29, 0.717) is 0 Å². The molecule has 0 saturated heterocycles. The second kappa shape index (κ2) is 2.28. The smallest absolute Gasteiger partial charge is 0.352 e. The lowest BCUT2D eigenvalue weighted by molar-refractivity contribution is -0.148. The van der Waals surface area contributed by atoms with Gasteiger partial charge in [0.25, 0.3) is 0 Å². The molecule has 1 saturated carbocycles. The summed E-state index contributed by atoms with van der Waals surface area (Å²) >= 11 is 0. The van der Waals surface area contributed by atoms with Crippen molar-refractivity contribution in [3.05, 3.63) is 0 Å². The van der Waals surface area contributed by atoms with Gasteiger partial charge in [0.15, 0.2) is 0 Å². The maximum atomic E-state index is 11.7. The average molecular weight is 168 g/mol. The van der Waals surface area contributed by atoms with Gasteiger partial charge in [-0.25, -0.2) is 4.79 Å². The predicted molar refractivity (Wildman–Crippen MR) is 30.7 cm³/mol. The van der Waals surface area contributed by atoms with E-state index in [1.807, 2.05) is 5.32 Å². The van der Waals surface area contributed by atoms with Gasteiger partial charge in [-0.2, -0.15) is 13.2 Å². The van der Waals surface area contributed by atoms with E-state index in [1.165, 1.54) is 0 Å². The molecular weight excluding hydrogens is 161 g/mol. The number of urea groups is 1. The van der Waals surface area contributed by atoms with Crippen LogP contribution < -0.4 is 11.1 Å². The van der Waals surface area contributed by atoms with Gasteiger partial charge in [-0.3, -0.25) is 0 Å². The highest BCUT2D eigenvalue weighted by molar-refractivity contribution is 5.72. The van der Waals surface area contributed by atoms with Crippen molar-refractivity contribution < 1.29 is 18.0 Å². The zero-order chi connectivity index (χ0) is 8.65. The number of carbonyl (C=O) groups excluding carboxylic acids is 1. The summed E-state index contributed by atoms with van der Waals surface area (Å²) in [5.74, 6) is -1.39. The minimum absolute atomic E-state index is 0.0492. The van der Waals surface area contributed by atoms with E-state index in [0.717, 1.165) is 0 Å². The molecule has 3 nitrogen and oxygen atoms in total. The fraction of sp³-hybridized carbons (Fsp3) is 0.800. The fourth-order valence-corrected chi connectivity index (χ4v) is 0.899. The van der Waals surface area contributed by atoms with Crippen molar-refractivity contribution in [3.8, 4) is 0 Å². The van der Waals surface area contributed by atoms with E-state index in [4.69, 9.17) is 0 Å². The number of hydrogen-bond acceptors (Lipinski definition) is 1. The Morgan fingerprint density at radius 1 is 1.55 bits per heavy atom. The second-order valence-electron chi connectivity index (χ2n) is 2.50. The number of hydrogen-bond donors (Lipinski definition) is 2. The van der Waals surface area contributed by atoms with E-state index >= 15 is 0 Å². The maximum absolute atomic E-state index is 11.7. The molecule has 1 rings (SSSR count). The Morgan fingerprint density at radius 2 is 2.09 bits per heavy atom. The molecule has 1 aliphatic carbocycles. The van der Waals surface area contributed by atoms with Crippen LogP contribution in [-0.2, 0) is 0 Å². The molecule has 0 aliphatic heterocycles. The lowest BCUT2D eigenvalue weighted by Gasteiger charge is -2.04. The summed E-state index contributed by atoms with van der Waals surface area (Å²) in [5, 5.41) is 1.99. The molecule has 64 valence electrons. The first kappa shape index (κ1) is 8.16. The van der Waals surface area contributed by atoms with Crippen LogP contribution in [0.2, 0.25) is 0 Å². The normalized spacial score (nSPS) is 29.7. The average Bonchev–Trinajstić information content (AvgIpc) is 2.40. The SMILES string of the molecule is NC(=O)N[C@@H]1C[C@H]1C(F)(F)F. The van der Waals surface area contributed by atoms with Crippen molar-refractivity contribution in [2.45, 2.75) is 18.6 Å². The Balaban J connectivity index is 2.32. The van der Waals surface area contributed by atoms with Gasteiger partial charge in [-0.15, -0.1) is 0 Å². The Morgan fingerprint density at radius 3 is 2.36 bits per heavy atom. The second-order valence-corrected chi connectivity index (χ2v) is 2.50. The quantitative estimate of drug-likeness (QED) is 0.592. The molecule has 0 aromatic rings. The first-order valence-electron chi connectivity index (χ1n) is 3.04. The summed E-state index contributed by atoms with van der Waals surface area (Å²) in [4.78, 5) is 10.1. The molecule has 6 heteroatoms. The Hall–Kier alpha value is -0.940. The zero-order valence-electron chi connectivity index (χ0n) is 5.48. The minimum atomic E-state index is -4.20. The highest BCUT2D eigenvalue weighted by Crippen LogP contribution is 2.44. The summed E-state index contributed by atoms with van der Waals surface area (Å²) in [6.07, 6.45) is -4.25. The monoisotopic (exact) mass is 168 g/mol. The molecule has 11 heavy (non-hydrogen) atoms. The molecule has 0 bridgehead atoms.